The third kappa shape index (κ3) is 20.5. The summed E-state index contributed by atoms with van der Waals surface area (Å²) in [7, 11) is 0. The number of benzene rings is 4. The Hall–Kier alpha value is -6.54. The van der Waals surface area contributed by atoms with Crippen molar-refractivity contribution in [1.82, 2.24) is 10.2 Å². The number of hydrogen-bond acceptors (Lipinski definition) is 10. The Morgan fingerprint density at radius 2 is 1.07 bits per heavy atom. The lowest BCUT2D eigenvalue weighted by Crippen LogP contribution is -2.45. The number of nitrogens with zero attached hydrogens (tertiary/aromatic N) is 3. The Morgan fingerprint density at radius 3 is 1.49 bits per heavy atom. The molecule has 4 aromatic rings. The van der Waals surface area contributed by atoms with Crippen LogP contribution in [0.25, 0.3) is 0 Å². The van der Waals surface area contributed by atoms with Gasteiger partial charge in [0.05, 0.1) is 30.5 Å². The quantitative estimate of drug-likeness (QED) is 0.0492. The minimum Gasteiger partial charge on any atom is -0.489 e. The molecule has 21 heteroatoms. The number of hydrogen-bond donors (Lipinski definition) is 2. The molecule has 0 aromatic heterocycles. The molecule has 0 unspecified atom stereocenters. The Balaban J connectivity index is 0.000000353. The van der Waals surface area contributed by atoms with Crippen LogP contribution in [0.5, 0.6) is 11.5 Å². The highest BCUT2D eigenvalue weighted by molar-refractivity contribution is 5.98. The summed E-state index contributed by atoms with van der Waals surface area (Å²) in [4.78, 5) is 66.0. The van der Waals surface area contributed by atoms with Crippen molar-refractivity contribution in [2.75, 3.05) is 49.1 Å². The molecule has 14 nitrogen and oxygen atoms in total. The number of halogens is 7. The molecule has 4 aromatic carbocycles. The van der Waals surface area contributed by atoms with Crippen LogP contribution in [0.2, 0.25) is 0 Å². The predicted molar refractivity (Wildman–Crippen MR) is 294 cm³/mol. The summed E-state index contributed by atoms with van der Waals surface area (Å²) in [5.41, 5.74) is 1.79. The van der Waals surface area contributed by atoms with Crippen LogP contribution in [0.1, 0.15) is 127 Å². The van der Waals surface area contributed by atoms with Crippen molar-refractivity contribution in [2.24, 2.45) is 11.8 Å². The van der Waals surface area contributed by atoms with Crippen molar-refractivity contribution in [1.29, 1.82) is 0 Å². The monoisotopic (exact) mass is 1150 g/mol. The molecule has 0 atom stereocenters. The summed E-state index contributed by atoms with van der Waals surface area (Å²) in [6.07, 6.45) is -7.92. The SMILES string of the molecule is CC(C)Cc1ccc(COc2ccc3c(c2)CCN3C(=O)CN(CCC(=O)OC(C)(C)C)C(=O)OC(C)(C)C)cc1C(F)(F)F.CC(C)Cc1ccc(COc2ccc3c(c2)CCN3C(=O)CNCCC(=O)O)cc1C(F)(F)F.Cl. The lowest BCUT2D eigenvalue weighted by Gasteiger charge is -2.29. The van der Waals surface area contributed by atoms with Gasteiger partial charge in [-0.2, -0.15) is 26.3 Å². The first-order valence-corrected chi connectivity index (χ1v) is 26.4. The zero-order chi connectivity index (χ0) is 58.6. The van der Waals surface area contributed by atoms with Crippen molar-refractivity contribution >= 4 is 53.6 Å². The van der Waals surface area contributed by atoms with E-state index < -0.39 is 52.7 Å². The van der Waals surface area contributed by atoms with Crippen molar-refractivity contribution < 1.29 is 74.4 Å². The number of carbonyl (C=O) groups excluding carboxylic acids is 4. The number of alkyl halides is 6. The van der Waals surface area contributed by atoms with Crippen LogP contribution in [0, 0.1) is 11.8 Å². The maximum absolute atomic E-state index is 13.7. The molecule has 6 rings (SSSR count). The number of ether oxygens (including phenoxy) is 4. The Morgan fingerprint density at radius 1 is 0.625 bits per heavy atom. The lowest BCUT2D eigenvalue weighted by molar-refractivity contribution is -0.155. The third-order valence-electron chi connectivity index (χ3n) is 12.3. The maximum Gasteiger partial charge on any atom is 0.416 e. The zero-order valence-corrected chi connectivity index (χ0v) is 47.9. The number of carboxylic acid groups (broad SMARTS) is 1. The fraction of sp³-hybridized carbons (Fsp3) is 0.508. The first kappa shape index (κ1) is 66.0. The molecule has 0 aliphatic carbocycles. The molecular formula is C59H75ClF6N4O10. The molecule has 2 N–H and O–H groups in total. The first-order valence-electron chi connectivity index (χ1n) is 26.4. The second-order valence-electron chi connectivity index (χ2n) is 22.5. The summed E-state index contributed by atoms with van der Waals surface area (Å²) in [6, 6.07) is 19.1. The van der Waals surface area contributed by atoms with Crippen LogP contribution in [0.3, 0.4) is 0 Å². The van der Waals surface area contributed by atoms with E-state index in [1.54, 1.807) is 99.9 Å². The molecule has 0 spiro atoms. The summed E-state index contributed by atoms with van der Waals surface area (Å²) in [6.45, 7) is 18.6. The van der Waals surface area contributed by atoms with Gasteiger partial charge in [-0.3, -0.25) is 24.1 Å². The first-order chi connectivity index (χ1) is 36.8. The van der Waals surface area contributed by atoms with Gasteiger partial charge in [0.2, 0.25) is 11.8 Å². The van der Waals surface area contributed by atoms with E-state index >= 15 is 0 Å². The van der Waals surface area contributed by atoms with Gasteiger partial charge in [-0.15, -0.1) is 12.4 Å². The normalized spacial score (nSPS) is 13.2. The van der Waals surface area contributed by atoms with Crippen molar-refractivity contribution in [2.45, 2.75) is 145 Å². The molecule has 2 aliphatic rings. The molecule has 0 saturated carbocycles. The van der Waals surface area contributed by atoms with Crippen LogP contribution < -0.4 is 24.6 Å². The van der Waals surface area contributed by atoms with Crippen LogP contribution >= 0.6 is 12.4 Å². The smallest absolute Gasteiger partial charge is 0.416 e. The van der Waals surface area contributed by atoms with Crippen molar-refractivity contribution in [3.63, 3.8) is 0 Å². The Kier molecular flexibility index (Phi) is 23.3. The fourth-order valence-electron chi connectivity index (χ4n) is 8.89. The number of anilines is 2. The van der Waals surface area contributed by atoms with Crippen LogP contribution in [-0.4, -0.2) is 90.3 Å². The Bertz CT molecular complexity index is 2790. The minimum absolute atomic E-state index is 0. The number of rotatable bonds is 20. The summed E-state index contributed by atoms with van der Waals surface area (Å²) >= 11 is 0. The predicted octanol–water partition coefficient (Wildman–Crippen LogP) is 12.2. The van der Waals surface area contributed by atoms with E-state index in [0.717, 1.165) is 28.9 Å². The van der Waals surface area contributed by atoms with E-state index in [2.05, 4.69) is 5.32 Å². The van der Waals surface area contributed by atoms with Gasteiger partial charge in [0.1, 0.15) is 42.5 Å². The molecule has 2 heterocycles. The van der Waals surface area contributed by atoms with E-state index in [0.29, 0.717) is 67.1 Å². The van der Waals surface area contributed by atoms with E-state index in [1.165, 1.54) is 17.0 Å². The molecule has 0 saturated heterocycles. The molecule has 440 valence electrons. The molecule has 80 heavy (non-hydrogen) atoms. The number of carbonyl (C=O) groups is 5. The number of amides is 3. The van der Waals surface area contributed by atoms with Gasteiger partial charge >= 0.3 is 30.4 Å². The molecule has 0 fully saturated rings. The van der Waals surface area contributed by atoms with E-state index in [1.807, 2.05) is 27.7 Å². The van der Waals surface area contributed by atoms with Gasteiger partial charge in [0.15, 0.2) is 0 Å². The average Bonchev–Trinajstić information content (AvgIpc) is 3.97. The van der Waals surface area contributed by atoms with Crippen LogP contribution in [0.4, 0.5) is 42.5 Å². The fourth-order valence-corrected chi connectivity index (χ4v) is 8.89. The van der Waals surface area contributed by atoms with Crippen molar-refractivity contribution in [3.05, 3.63) is 117 Å². The van der Waals surface area contributed by atoms with E-state index in [-0.39, 0.29) is 99.4 Å². The molecule has 2 aliphatic heterocycles. The molecule has 0 bridgehead atoms. The van der Waals surface area contributed by atoms with Crippen LogP contribution in [0.15, 0.2) is 72.8 Å². The lowest BCUT2D eigenvalue weighted by atomic mass is 9.96. The van der Waals surface area contributed by atoms with Gasteiger partial charge < -0.3 is 39.2 Å². The minimum atomic E-state index is -4.46. The zero-order valence-electron chi connectivity index (χ0n) is 47.1. The number of nitrogens with one attached hydrogen (secondary N) is 1. The highest BCUT2D eigenvalue weighted by Gasteiger charge is 2.36. The number of aliphatic carboxylic acids is 1. The molecule has 3 amide bonds. The largest absolute Gasteiger partial charge is 0.489 e. The highest BCUT2D eigenvalue weighted by Crippen LogP contribution is 2.37. The van der Waals surface area contributed by atoms with Crippen LogP contribution in [-0.2, 0) is 79.9 Å². The molecule has 0 radical (unpaired) electrons. The van der Waals surface area contributed by atoms with Gasteiger partial charge in [0, 0.05) is 37.6 Å². The molecular weight excluding hydrogens is 1070 g/mol. The second-order valence-corrected chi connectivity index (χ2v) is 22.5. The standard InChI is InChI=1S/C34H45F3N2O6.C25H29F3N2O4.ClH/c1-22(2)17-24-10-9-23(18-27(24)34(35,36)37)21-43-26-11-12-28-25(19-26)13-16-39(28)29(40)20-38(31(42)45-33(6,7)8)15-14-30(41)44-32(3,4)5;1-16(2)11-18-4-3-17(12-21(18)25(26,27)28)15-34-20-5-6-22-19(13-20)8-10-30(22)23(31)14-29-9-7-24(32)33;/h9-12,18-19,22H,13-17,20-21H2,1-8H3;3-6,12-13,16,29H,7-11,14-15H2,1-2H3,(H,32,33);1H. The Labute approximate surface area is 470 Å². The highest BCUT2D eigenvalue weighted by atomic mass is 35.5. The van der Waals surface area contributed by atoms with Gasteiger partial charge in [-0.05, 0) is 161 Å². The van der Waals surface area contributed by atoms with E-state index in [4.69, 9.17) is 24.1 Å². The average molecular weight is 1150 g/mol. The van der Waals surface area contributed by atoms with Gasteiger partial charge in [-0.1, -0.05) is 52.0 Å². The maximum atomic E-state index is 13.7. The number of esters is 1. The van der Waals surface area contributed by atoms with Gasteiger partial charge in [0.25, 0.3) is 0 Å². The summed E-state index contributed by atoms with van der Waals surface area (Å²) in [5.74, 6) is -0.741. The van der Waals surface area contributed by atoms with Gasteiger partial charge in [-0.25, -0.2) is 4.79 Å². The van der Waals surface area contributed by atoms with E-state index in [9.17, 15) is 50.3 Å². The third-order valence-corrected chi connectivity index (χ3v) is 12.3. The summed E-state index contributed by atoms with van der Waals surface area (Å²) < 4.78 is 104. The number of carboxylic acids is 1. The second kappa shape index (κ2) is 28.2. The summed E-state index contributed by atoms with van der Waals surface area (Å²) in [5, 5.41) is 11.5. The number of fused-ring (bicyclic) bond motifs is 2. The van der Waals surface area contributed by atoms with Crippen molar-refractivity contribution in [3.8, 4) is 11.5 Å². The topological polar surface area (TPSA) is 164 Å².